The van der Waals surface area contributed by atoms with Gasteiger partial charge < -0.3 is 10.1 Å². The van der Waals surface area contributed by atoms with Crippen molar-refractivity contribution in [3.05, 3.63) is 61.7 Å². The highest BCUT2D eigenvalue weighted by molar-refractivity contribution is 14.1. The molecule has 2 aromatic carbocycles. The van der Waals surface area contributed by atoms with Crippen LogP contribution in [0.1, 0.15) is 10.4 Å². The fourth-order valence-electron chi connectivity index (χ4n) is 1.72. The van der Waals surface area contributed by atoms with Gasteiger partial charge in [-0.25, -0.2) is 0 Å². The van der Waals surface area contributed by atoms with Crippen molar-refractivity contribution < 1.29 is 14.5 Å². The number of carbonyl (C=O) groups is 1. The summed E-state index contributed by atoms with van der Waals surface area (Å²) < 4.78 is 5.85. The zero-order valence-electron chi connectivity index (χ0n) is 11.0. The third kappa shape index (κ3) is 3.69. The summed E-state index contributed by atoms with van der Waals surface area (Å²) in [5.41, 5.74) is 0.352. The maximum atomic E-state index is 12.1. The van der Waals surface area contributed by atoms with Gasteiger partial charge in [0.2, 0.25) is 0 Å². The molecule has 0 unspecified atom stereocenters. The number of methoxy groups -OCH3 is 1. The number of nitro groups is 1. The van der Waals surface area contributed by atoms with Gasteiger partial charge in [0.05, 0.1) is 18.1 Å². The van der Waals surface area contributed by atoms with Crippen LogP contribution in [-0.4, -0.2) is 17.9 Å². The van der Waals surface area contributed by atoms with Gasteiger partial charge in [0.15, 0.2) is 0 Å². The van der Waals surface area contributed by atoms with Crippen molar-refractivity contribution in [2.45, 2.75) is 0 Å². The van der Waals surface area contributed by atoms with Gasteiger partial charge in [-0.2, -0.15) is 0 Å². The SMILES string of the molecule is COc1ccc(NC(=O)c2cccc(I)c2)c([N+](=O)[O-])c1. The second-order valence-electron chi connectivity index (χ2n) is 4.10. The summed E-state index contributed by atoms with van der Waals surface area (Å²) in [6, 6.07) is 11.2. The first kappa shape index (κ1) is 15.2. The molecule has 21 heavy (non-hydrogen) atoms. The molecule has 1 amide bonds. The number of amides is 1. The summed E-state index contributed by atoms with van der Waals surface area (Å²) in [7, 11) is 1.42. The number of halogens is 1. The Labute approximate surface area is 134 Å². The van der Waals surface area contributed by atoms with Crippen LogP contribution in [0.4, 0.5) is 11.4 Å². The van der Waals surface area contributed by atoms with E-state index in [1.165, 1.54) is 19.2 Å². The Morgan fingerprint density at radius 3 is 2.67 bits per heavy atom. The minimum Gasteiger partial charge on any atom is -0.496 e. The van der Waals surface area contributed by atoms with Gasteiger partial charge in [0.25, 0.3) is 11.6 Å². The molecule has 1 N–H and O–H groups in total. The molecular formula is C14H11IN2O4. The molecule has 0 aromatic heterocycles. The zero-order valence-corrected chi connectivity index (χ0v) is 13.2. The standard InChI is InChI=1S/C14H11IN2O4/c1-21-11-5-6-12(13(8-11)17(19)20)16-14(18)9-3-2-4-10(15)7-9/h2-8H,1H3,(H,16,18). The second kappa shape index (κ2) is 6.53. The first-order valence-electron chi connectivity index (χ1n) is 5.90. The number of nitrogens with one attached hydrogen (secondary N) is 1. The minimum absolute atomic E-state index is 0.129. The molecule has 7 heteroatoms. The van der Waals surface area contributed by atoms with Crippen LogP contribution in [0.5, 0.6) is 5.75 Å². The lowest BCUT2D eigenvalue weighted by atomic mass is 10.2. The van der Waals surface area contributed by atoms with Crippen LogP contribution in [-0.2, 0) is 0 Å². The number of rotatable bonds is 4. The lowest BCUT2D eigenvalue weighted by molar-refractivity contribution is -0.384. The van der Waals surface area contributed by atoms with Crippen LogP contribution in [0, 0.1) is 13.7 Å². The monoisotopic (exact) mass is 398 g/mol. The van der Waals surface area contributed by atoms with E-state index in [0.717, 1.165) is 3.57 Å². The van der Waals surface area contributed by atoms with Gasteiger partial charge in [-0.1, -0.05) is 6.07 Å². The predicted octanol–water partition coefficient (Wildman–Crippen LogP) is 3.46. The smallest absolute Gasteiger partial charge is 0.296 e. The van der Waals surface area contributed by atoms with Crippen molar-refractivity contribution in [2.24, 2.45) is 0 Å². The molecule has 0 saturated heterocycles. The fraction of sp³-hybridized carbons (Fsp3) is 0.0714. The minimum atomic E-state index is -0.563. The summed E-state index contributed by atoms with van der Waals surface area (Å²) in [6.07, 6.45) is 0. The Bertz CT molecular complexity index is 703. The molecule has 0 fully saturated rings. The molecule has 2 rings (SSSR count). The molecule has 0 spiro atoms. The average Bonchev–Trinajstić information content (AvgIpc) is 2.47. The summed E-state index contributed by atoms with van der Waals surface area (Å²) >= 11 is 2.09. The third-order valence-electron chi connectivity index (χ3n) is 2.74. The second-order valence-corrected chi connectivity index (χ2v) is 5.35. The Kier molecular flexibility index (Phi) is 4.73. The molecular weight excluding hydrogens is 387 g/mol. The molecule has 6 nitrogen and oxygen atoms in total. The van der Waals surface area contributed by atoms with Crippen LogP contribution in [0.2, 0.25) is 0 Å². The Morgan fingerprint density at radius 1 is 1.29 bits per heavy atom. The van der Waals surface area contributed by atoms with E-state index in [4.69, 9.17) is 4.74 Å². The van der Waals surface area contributed by atoms with E-state index in [0.29, 0.717) is 11.3 Å². The number of anilines is 1. The quantitative estimate of drug-likeness (QED) is 0.486. The maximum absolute atomic E-state index is 12.1. The van der Waals surface area contributed by atoms with Gasteiger partial charge in [-0.15, -0.1) is 0 Å². The topological polar surface area (TPSA) is 81.5 Å². The number of nitro benzene ring substituents is 1. The third-order valence-corrected chi connectivity index (χ3v) is 3.41. The lowest BCUT2D eigenvalue weighted by Gasteiger charge is -2.07. The van der Waals surface area contributed by atoms with Crippen molar-refractivity contribution in [1.82, 2.24) is 0 Å². The van der Waals surface area contributed by atoms with E-state index in [1.54, 1.807) is 24.3 Å². The summed E-state index contributed by atoms with van der Waals surface area (Å²) in [4.78, 5) is 22.6. The largest absolute Gasteiger partial charge is 0.496 e. The molecule has 0 radical (unpaired) electrons. The lowest BCUT2D eigenvalue weighted by Crippen LogP contribution is -2.13. The van der Waals surface area contributed by atoms with Crippen LogP contribution >= 0.6 is 22.6 Å². The molecule has 108 valence electrons. The van der Waals surface area contributed by atoms with Crippen molar-refractivity contribution in [3.8, 4) is 5.75 Å². The van der Waals surface area contributed by atoms with Gasteiger partial charge >= 0.3 is 0 Å². The fourth-order valence-corrected chi connectivity index (χ4v) is 2.26. The molecule has 0 aliphatic heterocycles. The summed E-state index contributed by atoms with van der Waals surface area (Å²) in [5.74, 6) is -0.0456. The first-order chi connectivity index (χ1) is 10.0. The van der Waals surface area contributed by atoms with Crippen molar-refractivity contribution in [2.75, 3.05) is 12.4 Å². The van der Waals surface area contributed by atoms with Crippen molar-refractivity contribution in [3.63, 3.8) is 0 Å². The van der Waals surface area contributed by atoms with Crippen LogP contribution < -0.4 is 10.1 Å². The number of hydrogen-bond donors (Lipinski definition) is 1. The summed E-state index contributed by atoms with van der Waals surface area (Å²) in [6.45, 7) is 0. The van der Waals surface area contributed by atoms with E-state index in [1.807, 2.05) is 6.07 Å². The number of ether oxygens (including phenoxy) is 1. The summed E-state index contributed by atoms with van der Waals surface area (Å²) in [5, 5.41) is 13.6. The molecule has 0 bridgehead atoms. The molecule has 0 heterocycles. The highest BCUT2D eigenvalue weighted by atomic mass is 127. The predicted molar refractivity (Wildman–Crippen MR) is 86.8 cm³/mol. The Morgan fingerprint density at radius 2 is 2.05 bits per heavy atom. The molecule has 2 aromatic rings. The highest BCUT2D eigenvalue weighted by Gasteiger charge is 2.18. The number of carbonyl (C=O) groups excluding carboxylic acids is 1. The van der Waals surface area contributed by atoms with Crippen LogP contribution in [0.3, 0.4) is 0 Å². The van der Waals surface area contributed by atoms with E-state index in [-0.39, 0.29) is 11.4 Å². The van der Waals surface area contributed by atoms with Gasteiger partial charge in [-0.3, -0.25) is 14.9 Å². The molecule has 0 aliphatic rings. The van der Waals surface area contributed by atoms with E-state index < -0.39 is 10.8 Å². The van der Waals surface area contributed by atoms with Gasteiger partial charge in [0.1, 0.15) is 11.4 Å². The van der Waals surface area contributed by atoms with Gasteiger partial charge in [-0.05, 0) is 52.9 Å². The van der Waals surface area contributed by atoms with E-state index >= 15 is 0 Å². The van der Waals surface area contributed by atoms with Crippen LogP contribution in [0.15, 0.2) is 42.5 Å². The Hall–Kier alpha value is -2.16. The molecule has 0 aliphatic carbocycles. The maximum Gasteiger partial charge on any atom is 0.296 e. The number of nitrogens with zero attached hydrogens (tertiary/aromatic N) is 1. The van der Waals surface area contributed by atoms with Crippen molar-refractivity contribution in [1.29, 1.82) is 0 Å². The molecule has 0 saturated carbocycles. The zero-order chi connectivity index (χ0) is 15.4. The van der Waals surface area contributed by atoms with Crippen LogP contribution in [0.25, 0.3) is 0 Å². The van der Waals surface area contributed by atoms with E-state index in [9.17, 15) is 14.9 Å². The Balaban J connectivity index is 2.31. The molecule has 0 atom stereocenters. The normalized spacial score (nSPS) is 10.0. The van der Waals surface area contributed by atoms with Gasteiger partial charge in [0, 0.05) is 9.13 Å². The van der Waals surface area contributed by atoms with Crippen molar-refractivity contribution >= 4 is 39.9 Å². The first-order valence-corrected chi connectivity index (χ1v) is 6.98. The average molecular weight is 398 g/mol. The number of hydrogen-bond acceptors (Lipinski definition) is 4. The highest BCUT2D eigenvalue weighted by Crippen LogP contribution is 2.29. The van der Waals surface area contributed by atoms with E-state index in [2.05, 4.69) is 27.9 Å². The number of benzene rings is 2.